The summed E-state index contributed by atoms with van der Waals surface area (Å²) in [4.78, 5) is 22.7. The van der Waals surface area contributed by atoms with E-state index in [4.69, 9.17) is 0 Å². The van der Waals surface area contributed by atoms with Gasteiger partial charge in [-0.15, -0.1) is 6.58 Å². The summed E-state index contributed by atoms with van der Waals surface area (Å²) in [6, 6.07) is 7.34. The molecule has 4 nitrogen and oxygen atoms in total. The van der Waals surface area contributed by atoms with Gasteiger partial charge < -0.3 is 10.2 Å². The van der Waals surface area contributed by atoms with Crippen LogP contribution in [0.4, 0.5) is 0 Å². The summed E-state index contributed by atoms with van der Waals surface area (Å²) in [5.41, 5.74) is 0.0109. The molecular formula is C14H14O4. The number of carbonyl (C=O) groups is 2. The highest BCUT2D eigenvalue weighted by atomic mass is 16.4. The zero-order valence-electron chi connectivity index (χ0n) is 9.80. The monoisotopic (exact) mass is 246 g/mol. The maximum absolute atomic E-state index is 11.4. The van der Waals surface area contributed by atoms with Crippen molar-refractivity contribution in [3.63, 3.8) is 0 Å². The fourth-order valence-corrected chi connectivity index (χ4v) is 2.57. The second-order valence-corrected chi connectivity index (χ2v) is 4.61. The normalized spacial score (nSPS) is 20.8. The first-order chi connectivity index (χ1) is 8.51. The van der Waals surface area contributed by atoms with E-state index in [0.717, 1.165) is 11.1 Å². The van der Waals surface area contributed by atoms with Crippen LogP contribution in [0.3, 0.4) is 0 Å². The van der Waals surface area contributed by atoms with Gasteiger partial charge in [0.2, 0.25) is 0 Å². The summed E-state index contributed by atoms with van der Waals surface area (Å²) < 4.78 is 0. The largest absolute Gasteiger partial charge is 0.480 e. The van der Waals surface area contributed by atoms with Gasteiger partial charge in [-0.3, -0.25) is 9.59 Å². The van der Waals surface area contributed by atoms with Crippen LogP contribution in [0.25, 0.3) is 0 Å². The average molecular weight is 246 g/mol. The minimum Gasteiger partial charge on any atom is -0.480 e. The molecule has 0 heterocycles. The van der Waals surface area contributed by atoms with E-state index in [2.05, 4.69) is 6.58 Å². The van der Waals surface area contributed by atoms with Gasteiger partial charge >= 0.3 is 11.9 Å². The maximum atomic E-state index is 11.4. The van der Waals surface area contributed by atoms with Gasteiger partial charge in [0.05, 0.1) is 0 Å². The Morgan fingerprint density at radius 3 is 2.44 bits per heavy atom. The van der Waals surface area contributed by atoms with Gasteiger partial charge in [0.15, 0.2) is 5.41 Å². The van der Waals surface area contributed by atoms with E-state index in [9.17, 15) is 19.8 Å². The third-order valence-corrected chi connectivity index (χ3v) is 3.62. The first-order valence-electron chi connectivity index (χ1n) is 5.68. The molecule has 18 heavy (non-hydrogen) atoms. The van der Waals surface area contributed by atoms with Crippen molar-refractivity contribution in [2.45, 2.75) is 18.8 Å². The molecule has 0 saturated carbocycles. The smallest absolute Gasteiger partial charge is 0.321 e. The maximum Gasteiger partial charge on any atom is 0.321 e. The van der Waals surface area contributed by atoms with E-state index in [0.29, 0.717) is 0 Å². The molecule has 0 fully saturated rings. The van der Waals surface area contributed by atoms with E-state index in [1.807, 2.05) is 12.1 Å². The number of aliphatic carboxylic acids is 2. The van der Waals surface area contributed by atoms with E-state index >= 15 is 0 Å². The van der Waals surface area contributed by atoms with Crippen LogP contribution >= 0.6 is 0 Å². The van der Waals surface area contributed by atoms with Crippen LogP contribution in [0.5, 0.6) is 0 Å². The molecule has 0 radical (unpaired) electrons. The summed E-state index contributed by atoms with van der Waals surface area (Å²) >= 11 is 0. The zero-order chi connectivity index (χ0) is 13.3. The topological polar surface area (TPSA) is 74.6 Å². The Balaban J connectivity index is 2.56. The molecule has 1 aromatic carbocycles. The van der Waals surface area contributed by atoms with Crippen molar-refractivity contribution in [3.8, 4) is 0 Å². The van der Waals surface area contributed by atoms with Crippen LogP contribution in [0.1, 0.15) is 23.5 Å². The van der Waals surface area contributed by atoms with Gasteiger partial charge in [0, 0.05) is 5.92 Å². The summed E-state index contributed by atoms with van der Waals surface area (Å²) in [6.07, 6.45) is 1.70. The number of carboxylic acid groups (broad SMARTS) is 2. The number of hydrogen-bond donors (Lipinski definition) is 2. The highest BCUT2D eigenvalue weighted by Crippen LogP contribution is 2.43. The Kier molecular flexibility index (Phi) is 2.95. The summed E-state index contributed by atoms with van der Waals surface area (Å²) in [7, 11) is 0. The molecule has 0 aliphatic heterocycles. The van der Waals surface area contributed by atoms with Crippen LogP contribution < -0.4 is 0 Å². The second kappa shape index (κ2) is 4.29. The van der Waals surface area contributed by atoms with Gasteiger partial charge in [-0.2, -0.15) is 0 Å². The summed E-state index contributed by atoms with van der Waals surface area (Å²) in [6.45, 7) is 3.68. The van der Waals surface area contributed by atoms with Crippen molar-refractivity contribution in [2.24, 2.45) is 5.41 Å². The quantitative estimate of drug-likeness (QED) is 0.632. The highest BCUT2D eigenvalue weighted by molar-refractivity contribution is 5.99. The second-order valence-electron chi connectivity index (χ2n) is 4.61. The molecule has 1 aliphatic carbocycles. The molecule has 1 aliphatic rings. The van der Waals surface area contributed by atoms with Crippen LogP contribution in [0, 0.1) is 5.41 Å². The fraction of sp³-hybridized carbons (Fsp3) is 0.286. The molecule has 0 aromatic heterocycles. The van der Waals surface area contributed by atoms with Gasteiger partial charge in [-0.1, -0.05) is 30.3 Å². The van der Waals surface area contributed by atoms with Crippen molar-refractivity contribution in [3.05, 3.63) is 48.0 Å². The standard InChI is InChI=1S/C14H14O4/c1-2-9-7-14(12(15)16,13(17)18)8-10-5-3-4-6-11(9)10/h2-6,9H,1,7-8H2,(H,15,16)(H,17,18). The third kappa shape index (κ3) is 1.70. The minimum absolute atomic E-state index is 0.0260. The molecule has 1 atom stereocenters. The number of rotatable bonds is 3. The summed E-state index contributed by atoms with van der Waals surface area (Å²) in [5, 5.41) is 18.6. The van der Waals surface area contributed by atoms with Crippen LogP contribution in [0.2, 0.25) is 0 Å². The highest BCUT2D eigenvalue weighted by Gasteiger charge is 2.50. The Morgan fingerprint density at radius 1 is 1.28 bits per heavy atom. The first-order valence-corrected chi connectivity index (χ1v) is 5.68. The predicted molar refractivity (Wildman–Crippen MR) is 65.4 cm³/mol. The molecule has 0 amide bonds. The lowest BCUT2D eigenvalue weighted by Gasteiger charge is -2.34. The van der Waals surface area contributed by atoms with Gasteiger partial charge in [0.25, 0.3) is 0 Å². The molecule has 1 aromatic rings. The minimum atomic E-state index is -1.74. The lowest BCUT2D eigenvalue weighted by atomic mass is 9.67. The number of carboxylic acids is 2. The van der Waals surface area contributed by atoms with E-state index < -0.39 is 17.4 Å². The molecule has 0 saturated heterocycles. The Bertz CT molecular complexity index is 504. The van der Waals surface area contributed by atoms with E-state index in [-0.39, 0.29) is 18.8 Å². The molecular weight excluding hydrogens is 232 g/mol. The molecule has 4 heteroatoms. The Morgan fingerprint density at radius 2 is 1.89 bits per heavy atom. The Hall–Kier alpha value is -2.10. The van der Waals surface area contributed by atoms with Gasteiger partial charge in [-0.05, 0) is 24.0 Å². The van der Waals surface area contributed by atoms with Gasteiger partial charge in [0.1, 0.15) is 0 Å². The van der Waals surface area contributed by atoms with E-state index in [1.165, 1.54) is 0 Å². The molecule has 2 rings (SSSR count). The Labute approximate surface area is 105 Å². The van der Waals surface area contributed by atoms with Crippen molar-refractivity contribution < 1.29 is 19.8 Å². The van der Waals surface area contributed by atoms with Crippen molar-refractivity contribution in [1.82, 2.24) is 0 Å². The number of allylic oxidation sites excluding steroid dienone is 1. The zero-order valence-corrected chi connectivity index (χ0v) is 9.80. The molecule has 0 spiro atoms. The van der Waals surface area contributed by atoms with Crippen molar-refractivity contribution >= 4 is 11.9 Å². The fourth-order valence-electron chi connectivity index (χ4n) is 2.57. The van der Waals surface area contributed by atoms with Crippen molar-refractivity contribution in [1.29, 1.82) is 0 Å². The SMILES string of the molecule is C=CC1CC(C(=O)O)(C(=O)O)Cc2ccccc21. The van der Waals surface area contributed by atoms with Crippen LogP contribution in [0.15, 0.2) is 36.9 Å². The van der Waals surface area contributed by atoms with E-state index in [1.54, 1.807) is 18.2 Å². The third-order valence-electron chi connectivity index (χ3n) is 3.62. The van der Waals surface area contributed by atoms with Crippen LogP contribution in [-0.4, -0.2) is 22.2 Å². The average Bonchev–Trinajstić information content (AvgIpc) is 2.36. The lowest BCUT2D eigenvalue weighted by Crippen LogP contribution is -2.44. The predicted octanol–water partition coefficient (Wildman–Crippen LogP) is 2.06. The molecule has 2 N–H and O–H groups in total. The molecule has 94 valence electrons. The van der Waals surface area contributed by atoms with Crippen LogP contribution in [-0.2, 0) is 16.0 Å². The van der Waals surface area contributed by atoms with Crippen molar-refractivity contribution in [2.75, 3.05) is 0 Å². The molecule has 0 bridgehead atoms. The number of hydrogen-bond acceptors (Lipinski definition) is 2. The first kappa shape index (κ1) is 12.4. The number of fused-ring (bicyclic) bond motifs is 1. The summed E-state index contributed by atoms with van der Waals surface area (Å²) in [5.74, 6) is -2.80. The van der Waals surface area contributed by atoms with Gasteiger partial charge in [-0.25, -0.2) is 0 Å². The number of benzene rings is 1. The lowest BCUT2D eigenvalue weighted by molar-refractivity contribution is -0.165. The molecule has 1 unspecified atom stereocenters.